The number of ether oxygens (including phenoxy) is 8. The molecule has 4 heterocycles. The van der Waals surface area contributed by atoms with Gasteiger partial charge in [-0.15, -0.1) is 5.10 Å². The van der Waals surface area contributed by atoms with E-state index < -0.39 is 0 Å². The number of nitrogens with one attached hydrogen (secondary N) is 1. The highest BCUT2D eigenvalue weighted by atomic mass is 35.5. The molecule has 1 aliphatic heterocycles. The molecule has 1 N–H and O–H groups in total. The van der Waals surface area contributed by atoms with Crippen LogP contribution in [0.25, 0.3) is 11.1 Å². The van der Waals surface area contributed by atoms with E-state index >= 15 is 0 Å². The van der Waals surface area contributed by atoms with E-state index in [1.165, 1.54) is 6.33 Å². The Labute approximate surface area is 351 Å². The Morgan fingerprint density at radius 2 is 1.46 bits per heavy atom. The van der Waals surface area contributed by atoms with Crippen molar-refractivity contribution in [2.75, 3.05) is 91.6 Å². The first kappa shape index (κ1) is 44.6. The molecule has 0 bridgehead atoms. The van der Waals surface area contributed by atoms with Crippen molar-refractivity contribution in [2.24, 2.45) is 0 Å². The predicted molar refractivity (Wildman–Crippen MR) is 222 cm³/mol. The molecule has 2 fully saturated rings. The van der Waals surface area contributed by atoms with Gasteiger partial charge in [-0.25, -0.2) is 19.6 Å². The Balaban J connectivity index is 1.02. The highest BCUT2D eigenvalue weighted by Crippen LogP contribution is 2.36. The van der Waals surface area contributed by atoms with Crippen LogP contribution in [0.1, 0.15) is 52.5 Å². The molecule has 2 aliphatic rings. The van der Waals surface area contributed by atoms with Crippen LogP contribution in [0.3, 0.4) is 0 Å². The number of halogens is 1. The van der Waals surface area contributed by atoms with Crippen molar-refractivity contribution in [3.8, 4) is 22.8 Å². The zero-order valence-corrected chi connectivity index (χ0v) is 35.5. The molecular weight excluding hydrogens is 782 g/mol. The van der Waals surface area contributed by atoms with E-state index in [1.54, 1.807) is 30.5 Å². The number of morpholine rings is 1. The third kappa shape index (κ3) is 14.3. The van der Waals surface area contributed by atoms with Crippen molar-refractivity contribution in [3.05, 3.63) is 54.5 Å². The monoisotopic (exact) mass is 841 g/mol. The highest BCUT2D eigenvalue weighted by molar-refractivity contribution is 6.32. The normalized spacial score (nSPS) is 20.4. The first-order valence-corrected chi connectivity index (χ1v) is 21.0. The lowest BCUT2D eigenvalue weighted by Gasteiger charge is -2.42. The van der Waals surface area contributed by atoms with Crippen molar-refractivity contribution >= 4 is 23.2 Å². The molecule has 6 rings (SSSR count). The Morgan fingerprint density at radius 1 is 0.831 bits per heavy atom. The number of nitrogens with zero attached hydrogens (tertiary/aromatic N) is 8. The van der Waals surface area contributed by atoms with E-state index in [-0.39, 0.29) is 24.4 Å². The first-order valence-electron chi connectivity index (χ1n) is 20.6. The topological polar surface area (TPSA) is 163 Å². The second kappa shape index (κ2) is 23.7. The van der Waals surface area contributed by atoms with Gasteiger partial charge in [-0.1, -0.05) is 17.7 Å². The Kier molecular flexibility index (Phi) is 18.0. The minimum Gasteiger partial charge on any atom is -0.487 e. The summed E-state index contributed by atoms with van der Waals surface area (Å²) in [4.78, 5) is 15.9. The van der Waals surface area contributed by atoms with E-state index in [0.717, 1.165) is 49.9 Å². The van der Waals surface area contributed by atoms with Gasteiger partial charge in [0, 0.05) is 44.2 Å². The summed E-state index contributed by atoms with van der Waals surface area (Å²) in [5.74, 6) is 1.45. The summed E-state index contributed by atoms with van der Waals surface area (Å²) in [5.41, 5.74) is 2.37. The molecule has 0 radical (unpaired) electrons. The average molecular weight is 842 g/mol. The Bertz CT molecular complexity index is 1770. The molecule has 3 atom stereocenters. The molecule has 1 saturated carbocycles. The number of benzene rings is 1. The fourth-order valence-electron chi connectivity index (χ4n) is 7.34. The van der Waals surface area contributed by atoms with Crippen LogP contribution in [0.2, 0.25) is 5.02 Å². The van der Waals surface area contributed by atoms with Crippen LogP contribution in [0, 0.1) is 0 Å². The van der Waals surface area contributed by atoms with Crippen LogP contribution in [0.15, 0.2) is 49.4 Å². The van der Waals surface area contributed by atoms with Crippen molar-refractivity contribution in [1.29, 1.82) is 0 Å². The zero-order chi connectivity index (χ0) is 41.2. The molecule has 17 nitrogen and oxygen atoms in total. The van der Waals surface area contributed by atoms with Crippen LogP contribution in [-0.2, 0) is 35.0 Å². The van der Waals surface area contributed by atoms with E-state index in [4.69, 9.17) is 54.6 Å². The van der Waals surface area contributed by atoms with Gasteiger partial charge >= 0.3 is 0 Å². The van der Waals surface area contributed by atoms with Crippen LogP contribution in [0.5, 0.6) is 11.6 Å². The Hall–Kier alpha value is -3.94. The third-order valence-electron chi connectivity index (χ3n) is 10.1. The summed E-state index contributed by atoms with van der Waals surface area (Å²) in [6.07, 6.45) is 13.3. The van der Waals surface area contributed by atoms with Crippen LogP contribution in [-0.4, -0.2) is 150 Å². The van der Waals surface area contributed by atoms with Gasteiger partial charge < -0.3 is 43.2 Å². The van der Waals surface area contributed by atoms with Crippen molar-refractivity contribution in [3.63, 3.8) is 0 Å². The molecular formula is C41H60ClN9O8. The SMILES string of the molecule is COCCOCCOCCOCCOCCOc1nn(C2CCC(N3C[C@@H](C)O[C@@H](C)C3)CC2)cc1Nc1ncc(-c2ccc(Cl)c(O[C@@H](C)Cn3cncn3)c2)cn1. The highest BCUT2D eigenvalue weighted by Gasteiger charge is 2.32. The smallest absolute Gasteiger partial charge is 0.257 e. The second-order valence-corrected chi connectivity index (χ2v) is 15.3. The summed E-state index contributed by atoms with van der Waals surface area (Å²) in [6.45, 7) is 13.6. The van der Waals surface area contributed by atoms with Gasteiger partial charge in [-0.3, -0.25) is 9.58 Å². The lowest BCUT2D eigenvalue weighted by molar-refractivity contribution is -0.0852. The number of aromatic nitrogens is 7. The number of rotatable bonds is 25. The van der Waals surface area contributed by atoms with Crippen LogP contribution < -0.4 is 14.8 Å². The van der Waals surface area contributed by atoms with E-state index in [1.807, 2.05) is 36.0 Å². The van der Waals surface area contributed by atoms with Crippen molar-refractivity contribution in [1.82, 2.24) is 39.4 Å². The summed E-state index contributed by atoms with van der Waals surface area (Å²) in [5, 5.41) is 12.9. The quantitative estimate of drug-likeness (QED) is 0.0834. The maximum atomic E-state index is 6.51. The van der Waals surface area contributed by atoms with Crippen molar-refractivity contribution < 1.29 is 37.9 Å². The number of hydrogen-bond donors (Lipinski definition) is 1. The number of methoxy groups -OCH3 is 1. The predicted octanol–water partition coefficient (Wildman–Crippen LogP) is 5.48. The maximum Gasteiger partial charge on any atom is 0.257 e. The van der Waals surface area contributed by atoms with Gasteiger partial charge in [0.2, 0.25) is 5.95 Å². The molecule has 0 spiro atoms. The molecule has 0 unspecified atom stereocenters. The lowest BCUT2D eigenvalue weighted by Crippen LogP contribution is -2.51. The molecule has 1 aromatic carbocycles. The molecule has 324 valence electrons. The zero-order valence-electron chi connectivity index (χ0n) is 34.7. The van der Waals surface area contributed by atoms with Crippen molar-refractivity contribution in [2.45, 2.75) is 83.4 Å². The van der Waals surface area contributed by atoms with Crippen LogP contribution >= 0.6 is 11.6 Å². The minimum absolute atomic E-state index is 0.184. The third-order valence-corrected chi connectivity index (χ3v) is 10.4. The lowest BCUT2D eigenvalue weighted by atomic mass is 9.89. The first-order chi connectivity index (χ1) is 28.8. The molecule has 4 aromatic rings. The Morgan fingerprint density at radius 3 is 2.08 bits per heavy atom. The molecule has 18 heteroatoms. The van der Waals surface area contributed by atoms with Gasteiger partial charge in [-0.05, 0) is 64.2 Å². The molecule has 1 saturated heterocycles. The summed E-state index contributed by atoms with van der Waals surface area (Å²) < 4.78 is 49.3. The van der Waals surface area contributed by atoms with Gasteiger partial charge in [0.1, 0.15) is 36.8 Å². The average Bonchev–Trinajstić information content (AvgIpc) is 3.90. The van der Waals surface area contributed by atoms with Crippen LogP contribution in [0.4, 0.5) is 11.6 Å². The number of anilines is 2. The number of hydrogen-bond acceptors (Lipinski definition) is 15. The summed E-state index contributed by atoms with van der Waals surface area (Å²) >= 11 is 6.51. The summed E-state index contributed by atoms with van der Waals surface area (Å²) in [6, 6.07) is 6.43. The summed E-state index contributed by atoms with van der Waals surface area (Å²) in [7, 11) is 1.65. The van der Waals surface area contributed by atoms with Gasteiger partial charge in [0.15, 0.2) is 0 Å². The van der Waals surface area contributed by atoms with Gasteiger partial charge in [-0.2, -0.15) is 5.10 Å². The molecule has 59 heavy (non-hydrogen) atoms. The molecule has 0 amide bonds. The fourth-order valence-corrected chi connectivity index (χ4v) is 7.50. The fraction of sp³-hybridized carbons (Fsp3) is 0.634. The van der Waals surface area contributed by atoms with Gasteiger partial charge in [0.25, 0.3) is 5.88 Å². The van der Waals surface area contributed by atoms with E-state index in [9.17, 15) is 0 Å². The van der Waals surface area contributed by atoms with E-state index in [2.05, 4.69) is 44.1 Å². The second-order valence-electron chi connectivity index (χ2n) is 14.9. The molecule has 1 aliphatic carbocycles. The van der Waals surface area contributed by atoms with E-state index in [0.29, 0.717) is 107 Å². The maximum absolute atomic E-state index is 6.51. The standard InChI is InChI=1S/C41H60ClN9O8/c1-30-24-49(25-31(2)58-30)35-6-8-36(9-7-35)51-27-38(40(48-51)57-20-19-56-18-17-55-16-15-54-14-13-53-12-11-52-4)47-41-44-22-34(23-45-41)33-5-10-37(42)39(21-33)59-32(3)26-50-29-43-28-46-50/h5,10,21-23,27-32,35-36H,6-9,11-20,24-26H2,1-4H3,(H,44,45,47)/t30-,31+,32-,35?,36?/m0/s1. The molecule has 3 aromatic heterocycles. The van der Waals surface area contributed by atoms with Gasteiger partial charge in [0.05, 0.1) is 95.5 Å². The minimum atomic E-state index is -0.184. The largest absolute Gasteiger partial charge is 0.487 e.